The maximum atomic E-state index is 12.5. The lowest BCUT2D eigenvalue weighted by Crippen LogP contribution is -2.41. The van der Waals surface area contributed by atoms with Crippen LogP contribution in [0.15, 0.2) is 24.3 Å². The standard InChI is InChI=1S/C16H22F3N3O/c1-12-3-5-13(6-4-12)14(20)15(23)22-8-2-7-21(9-10-22)11-16(17,18)19/h3-6,14H,2,7-11,20H2,1H3. The summed E-state index contributed by atoms with van der Waals surface area (Å²) in [6.07, 6.45) is -3.69. The second-order valence-corrected chi connectivity index (χ2v) is 5.96. The van der Waals surface area contributed by atoms with E-state index in [2.05, 4.69) is 0 Å². The second-order valence-electron chi connectivity index (χ2n) is 5.96. The van der Waals surface area contributed by atoms with E-state index in [9.17, 15) is 18.0 Å². The predicted octanol–water partition coefficient (Wildman–Crippen LogP) is 2.09. The van der Waals surface area contributed by atoms with Crippen molar-refractivity contribution in [1.29, 1.82) is 0 Å². The Morgan fingerprint density at radius 2 is 1.83 bits per heavy atom. The summed E-state index contributed by atoms with van der Waals surface area (Å²) >= 11 is 0. The van der Waals surface area contributed by atoms with E-state index in [0.29, 0.717) is 19.5 Å². The minimum absolute atomic E-state index is 0.214. The third kappa shape index (κ3) is 5.21. The molecule has 0 radical (unpaired) electrons. The molecule has 1 amide bonds. The number of carbonyl (C=O) groups excluding carboxylic acids is 1. The smallest absolute Gasteiger partial charge is 0.340 e. The third-order valence-corrected chi connectivity index (χ3v) is 4.01. The zero-order chi connectivity index (χ0) is 17.0. The van der Waals surface area contributed by atoms with E-state index >= 15 is 0 Å². The first-order valence-corrected chi connectivity index (χ1v) is 7.66. The van der Waals surface area contributed by atoms with Gasteiger partial charge >= 0.3 is 6.18 Å². The molecule has 1 aromatic rings. The van der Waals surface area contributed by atoms with Crippen LogP contribution in [0.1, 0.15) is 23.6 Å². The van der Waals surface area contributed by atoms with Gasteiger partial charge in [0.15, 0.2) is 0 Å². The zero-order valence-corrected chi connectivity index (χ0v) is 13.1. The quantitative estimate of drug-likeness (QED) is 0.924. The van der Waals surface area contributed by atoms with Crippen LogP contribution in [0.2, 0.25) is 0 Å². The summed E-state index contributed by atoms with van der Waals surface area (Å²) in [5.41, 5.74) is 7.82. The van der Waals surface area contributed by atoms with Gasteiger partial charge in [-0.1, -0.05) is 29.8 Å². The molecule has 1 atom stereocenters. The molecular weight excluding hydrogens is 307 g/mol. The van der Waals surface area contributed by atoms with Crippen molar-refractivity contribution in [3.8, 4) is 0 Å². The normalized spacial score (nSPS) is 18.6. The Morgan fingerprint density at radius 1 is 1.17 bits per heavy atom. The van der Waals surface area contributed by atoms with E-state index < -0.39 is 18.8 Å². The van der Waals surface area contributed by atoms with Gasteiger partial charge in [-0.3, -0.25) is 9.69 Å². The average molecular weight is 329 g/mol. The van der Waals surface area contributed by atoms with Gasteiger partial charge in [-0.15, -0.1) is 0 Å². The molecule has 0 aromatic heterocycles. The van der Waals surface area contributed by atoms with Gasteiger partial charge in [-0.2, -0.15) is 13.2 Å². The van der Waals surface area contributed by atoms with Gasteiger partial charge in [-0.25, -0.2) is 0 Å². The summed E-state index contributed by atoms with van der Waals surface area (Å²) in [7, 11) is 0. The third-order valence-electron chi connectivity index (χ3n) is 4.01. The number of halogens is 3. The lowest BCUT2D eigenvalue weighted by atomic mass is 10.0. The highest BCUT2D eigenvalue weighted by Gasteiger charge is 2.32. The molecule has 2 rings (SSSR count). The van der Waals surface area contributed by atoms with Crippen molar-refractivity contribution in [3.63, 3.8) is 0 Å². The minimum Gasteiger partial charge on any atom is -0.340 e. The fourth-order valence-corrected chi connectivity index (χ4v) is 2.72. The van der Waals surface area contributed by atoms with Crippen LogP contribution in [0, 0.1) is 6.92 Å². The van der Waals surface area contributed by atoms with Gasteiger partial charge in [0.1, 0.15) is 6.04 Å². The van der Waals surface area contributed by atoms with Crippen molar-refractivity contribution in [2.75, 3.05) is 32.7 Å². The van der Waals surface area contributed by atoms with Gasteiger partial charge in [-0.05, 0) is 18.9 Å². The molecular formula is C16H22F3N3O. The van der Waals surface area contributed by atoms with E-state index in [1.54, 1.807) is 4.90 Å². The van der Waals surface area contributed by atoms with Crippen LogP contribution in [-0.2, 0) is 4.79 Å². The van der Waals surface area contributed by atoms with Crippen molar-refractivity contribution in [2.45, 2.75) is 25.6 Å². The average Bonchev–Trinajstić information content (AvgIpc) is 2.70. The van der Waals surface area contributed by atoms with Crippen LogP contribution in [0.3, 0.4) is 0 Å². The summed E-state index contributed by atoms with van der Waals surface area (Å²) in [5, 5.41) is 0. The number of rotatable bonds is 3. The van der Waals surface area contributed by atoms with Gasteiger partial charge in [0, 0.05) is 26.2 Å². The van der Waals surface area contributed by atoms with Gasteiger partial charge < -0.3 is 10.6 Å². The van der Waals surface area contributed by atoms with E-state index in [1.807, 2.05) is 31.2 Å². The maximum Gasteiger partial charge on any atom is 0.401 e. The molecule has 23 heavy (non-hydrogen) atoms. The van der Waals surface area contributed by atoms with Crippen molar-refractivity contribution < 1.29 is 18.0 Å². The first-order valence-electron chi connectivity index (χ1n) is 7.66. The topological polar surface area (TPSA) is 49.6 Å². The lowest BCUT2D eigenvalue weighted by Gasteiger charge is -2.25. The highest BCUT2D eigenvalue weighted by molar-refractivity contribution is 5.83. The van der Waals surface area contributed by atoms with E-state index in [4.69, 9.17) is 5.73 Å². The molecule has 1 aliphatic rings. The minimum atomic E-state index is -4.21. The van der Waals surface area contributed by atoms with Gasteiger partial charge in [0.2, 0.25) is 5.91 Å². The second kappa shape index (κ2) is 7.31. The fourth-order valence-electron chi connectivity index (χ4n) is 2.72. The first-order chi connectivity index (χ1) is 10.8. The highest BCUT2D eigenvalue weighted by Crippen LogP contribution is 2.19. The maximum absolute atomic E-state index is 12.5. The largest absolute Gasteiger partial charge is 0.401 e. The molecule has 0 bridgehead atoms. The van der Waals surface area contributed by atoms with Crippen LogP contribution in [-0.4, -0.2) is 54.6 Å². The Morgan fingerprint density at radius 3 is 2.43 bits per heavy atom. The number of nitrogens with two attached hydrogens (primary N) is 1. The van der Waals surface area contributed by atoms with Crippen LogP contribution in [0.5, 0.6) is 0 Å². The Bertz CT molecular complexity index is 530. The summed E-state index contributed by atoms with van der Waals surface area (Å²) < 4.78 is 37.4. The Hall–Kier alpha value is -1.60. The zero-order valence-electron chi connectivity index (χ0n) is 13.1. The lowest BCUT2D eigenvalue weighted by molar-refractivity contribution is -0.145. The van der Waals surface area contributed by atoms with Crippen molar-refractivity contribution in [3.05, 3.63) is 35.4 Å². The number of nitrogens with zero attached hydrogens (tertiary/aromatic N) is 2. The molecule has 0 aliphatic carbocycles. The molecule has 1 unspecified atom stereocenters. The molecule has 1 aromatic carbocycles. The van der Waals surface area contributed by atoms with Crippen molar-refractivity contribution in [1.82, 2.24) is 9.80 Å². The molecule has 128 valence electrons. The molecule has 1 heterocycles. The van der Waals surface area contributed by atoms with Crippen molar-refractivity contribution in [2.24, 2.45) is 5.73 Å². The van der Waals surface area contributed by atoms with E-state index in [1.165, 1.54) is 4.90 Å². The molecule has 0 saturated carbocycles. The van der Waals surface area contributed by atoms with Crippen molar-refractivity contribution >= 4 is 5.91 Å². The molecule has 0 spiro atoms. The summed E-state index contributed by atoms with van der Waals surface area (Å²) in [5.74, 6) is -0.234. The van der Waals surface area contributed by atoms with Crippen LogP contribution < -0.4 is 5.73 Å². The number of hydrogen-bond donors (Lipinski definition) is 1. The van der Waals surface area contributed by atoms with Crippen LogP contribution >= 0.6 is 0 Å². The summed E-state index contributed by atoms with van der Waals surface area (Å²) in [6.45, 7) is 2.27. The number of amides is 1. The monoisotopic (exact) mass is 329 g/mol. The highest BCUT2D eigenvalue weighted by atomic mass is 19.4. The summed E-state index contributed by atoms with van der Waals surface area (Å²) in [4.78, 5) is 15.4. The Labute approximate surface area is 134 Å². The van der Waals surface area contributed by atoms with Crippen LogP contribution in [0.4, 0.5) is 13.2 Å². The molecule has 1 aliphatic heterocycles. The van der Waals surface area contributed by atoms with Crippen LogP contribution in [0.25, 0.3) is 0 Å². The number of hydrogen-bond acceptors (Lipinski definition) is 3. The fraction of sp³-hybridized carbons (Fsp3) is 0.562. The van der Waals surface area contributed by atoms with Gasteiger partial charge in [0.25, 0.3) is 0 Å². The molecule has 1 saturated heterocycles. The predicted molar refractivity (Wildman–Crippen MR) is 81.8 cm³/mol. The van der Waals surface area contributed by atoms with E-state index in [-0.39, 0.29) is 19.0 Å². The Balaban J connectivity index is 1.96. The molecule has 4 nitrogen and oxygen atoms in total. The van der Waals surface area contributed by atoms with E-state index in [0.717, 1.165) is 11.1 Å². The number of carbonyl (C=O) groups is 1. The van der Waals surface area contributed by atoms with Gasteiger partial charge in [0.05, 0.1) is 6.54 Å². The molecule has 1 fully saturated rings. The Kier molecular flexibility index (Phi) is 5.64. The number of benzene rings is 1. The SMILES string of the molecule is Cc1ccc(C(N)C(=O)N2CCCN(CC(F)(F)F)CC2)cc1. The summed E-state index contributed by atoms with van der Waals surface area (Å²) in [6, 6.07) is 6.62. The number of alkyl halides is 3. The first kappa shape index (κ1) is 17.7. The number of aryl methyl sites for hydroxylation is 1. The molecule has 7 heteroatoms. The molecule has 2 N–H and O–H groups in total.